The van der Waals surface area contributed by atoms with Crippen LogP contribution < -0.4 is 0 Å². The summed E-state index contributed by atoms with van der Waals surface area (Å²) < 4.78 is 50.4. The van der Waals surface area contributed by atoms with E-state index in [-0.39, 0.29) is 12.8 Å². The van der Waals surface area contributed by atoms with Gasteiger partial charge in [-0.2, -0.15) is 8.42 Å². The van der Waals surface area contributed by atoms with E-state index in [1.807, 2.05) is 0 Å². The van der Waals surface area contributed by atoms with Crippen LogP contribution >= 0.6 is 15.9 Å². The van der Waals surface area contributed by atoms with Crippen molar-refractivity contribution in [2.75, 3.05) is 5.75 Å². The highest BCUT2D eigenvalue weighted by Gasteiger charge is 2.78. The lowest BCUT2D eigenvalue weighted by atomic mass is 9.39. The quantitative estimate of drug-likeness (QED) is 0.175. The fraction of sp³-hybridized carbons (Fsp3) is 0.880. The fourth-order valence-electron chi connectivity index (χ4n) is 9.35. The third kappa shape index (κ3) is 4.26. The number of alkyl halides is 2. The number of ketones is 2. The number of rotatable bonds is 6. The van der Waals surface area contributed by atoms with Gasteiger partial charge >= 0.3 is 5.97 Å². The lowest BCUT2D eigenvalue weighted by Crippen LogP contribution is -2.76. The third-order valence-corrected chi connectivity index (χ3v) is 12.5. The largest absolute Gasteiger partial charge is 0.481 e. The lowest BCUT2D eigenvalue weighted by Gasteiger charge is -2.68. The monoisotopic (exact) mass is 642 g/mol. The molecule has 0 aromatic carbocycles. The van der Waals surface area contributed by atoms with E-state index in [4.69, 9.17) is 5.11 Å². The van der Waals surface area contributed by atoms with Crippen molar-refractivity contribution >= 4 is 43.6 Å². The molecule has 12 atom stereocenters. The molecule has 0 amide bonds. The van der Waals surface area contributed by atoms with Crippen LogP contribution in [-0.4, -0.2) is 95.7 Å². The predicted octanol–water partition coefficient (Wildman–Crippen LogP) is 0.645. The molecule has 6 N–H and O–H groups in total. The van der Waals surface area contributed by atoms with Crippen molar-refractivity contribution in [1.29, 1.82) is 0 Å². The van der Waals surface area contributed by atoms with Gasteiger partial charge in [-0.25, -0.2) is 4.39 Å². The first kappa shape index (κ1) is 30.9. The molecule has 4 aliphatic rings. The van der Waals surface area contributed by atoms with Gasteiger partial charge in [0.1, 0.15) is 35.0 Å². The van der Waals surface area contributed by atoms with Crippen LogP contribution in [0.25, 0.3) is 0 Å². The first-order chi connectivity index (χ1) is 17.6. The van der Waals surface area contributed by atoms with Crippen molar-refractivity contribution in [1.82, 2.24) is 0 Å². The number of carboxylic acids is 1. The SMILES string of the molecule is C[C@H]1C[C@H]2[C@@H]3C[C@@H](F)[C@@]4(O)CC(=O)[C@H](Br)C[C@]4(C)[C@H]3[C@@](O)(CS(=O)(=O)O)C[C@]2(C)[C@@]1(O)C(=O)C(O)CC(=O)O. The number of aliphatic carboxylic acids is 1. The van der Waals surface area contributed by atoms with Crippen LogP contribution in [0.1, 0.15) is 59.3 Å². The van der Waals surface area contributed by atoms with Crippen molar-refractivity contribution in [3.63, 3.8) is 0 Å². The summed E-state index contributed by atoms with van der Waals surface area (Å²) in [6, 6.07) is 0. The summed E-state index contributed by atoms with van der Waals surface area (Å²) in [5.41, 5.74) is -10.3. The maximum absolute atomic E-state index is 16.0. The van der Waals surface area contributed by atoms with E-state index in [1.54, 1.807) is 0 Å². The number of hydrogen-bond donors (Lipinski definition) is 6. The van der Waals surface area contributed by atoms with Crippen LogP contribution in [0, 0.1) is 34.5 Å². The third-order valence-electron chi connectivity index (χ3n) is 10.8. The number of aliphatic hydroxyl groups is 4. The van der Waals surface area contributed by atoms with Crippen molar-refractivity contribution < 1.29 is 57.3 Å². The minimum atomic E-state index is -4.91. The normalized spacial score (nSPS) is 50.5. The van der Waals surface area contributed by atoms with Crippen LogP contribution in [-0.2, 0) is 24.5 Å². The second kappa shape index (κ2) is 9.23. The molecule has 0 bridgehead atoms. The second-order valence-corrected chi connectivity index (χ2v) is 15.5. The second-order valence-electron chi connectivity index (χ2n) is 12.9. The zero-order valence-electron chi connectivity index (χ0n) is 21.9. The van der Waals surface area contributed by atoms with E-state index in [9.17, 15) is 47.8 Å². The van der Waals surface area contributed by atoms with Crippen LogP contribution in [0.4, 0.5) is 4.39 Å². The highest BCUT2D eigenvalue weighted by Crippen LogP contribution is 2.72. The number of carbonyl (C=O) groups is 3. The molecule has 4 aliphatic carbocycles. The Labute approximate surface area is 234 Å². The molecule has 1 unspecified atom stereocenters. The maximum atomic E-state index is 16.0. The summed E-state index contributed by atoms with van der Waals surface area (Å²) in [6.07, 6.45) is -6.69. The van der Waals surface area contributed by atoms with Crippen LogP contribution in [0.5, 0.6) is 0 Å². The number of halogens is 2. The molecule has 0 aliphatic heterocycles. The number of Topliss-reactive ketones (excluding diaryl/α,β-unsaturated/α-hetero) is 2. The molecule has 0 aromatic heterocycles. The van der Waals surface area contributed by atoms with E-state index < -0.39 is 127 Å². The van der Waals surface area contributed by atoms with Gasteiger partial charge in [-0.1, -0.05) is 36.7 Å². The lowest BCUT2D eigenvalue weighted by molar-refractivity contribution is -0.283. The molecule has 4 saturated carbocycles. The van der Waals surface area contributed by atoms with Gasteiger partial charge in [0.05, 0.1) is 16.8 Å². The van der Waals surface area contributed by atoms with Crippen LogP contribution in [0.2, 0.25) is 0 Å². The van der Waals surface area contributed by atoms with Gasteiger partial charge in [-0.05, 0) is 43.4 Å². The van der Waals surface area contributed by atoms with E-state index in [2.05, 4.69) is 15.9 Å². The van der Waals surface area contributed by atoms with Crippen molar-refractivity contribution in [3.8, 4) is 0 Å². The molecule has 14 heteroatoms. The zero-order valence-corrected chi connectivity index (χ0v) is 24.3. The van der Waals surface area contributed by atoms with Crippen molar-refractivity contribution in [3.05, 3.63) is 0 Å². The maximum Gasteiger partial charge on any atom is 0.306 e. The first-order valence-corrected chi connectivity index (χ1v) is 15.5. The van der Waals surface area contributed by atoms with Crippen LogP contribution in [0.15, 0.2) is 0 Å². The standard InChI is InChI=1S/C25H36BrFO11S/c1-11-4-13-12-5-17(27)24(34)8-16(29)14(26)7-21(24,2)19(12)23(33,10-39(36,37)38)9-22(13,3)25(11,35)20(32)15(28)6-18(30)31/h11-15,17,19,28,33-35H,4-10H2,1-3H3,(H,30,31)(H,36,37,38)/t11-,12-,13-,14+,15?,17+,19-,21+,22-,23-,24-,25-/m0/s1. The average molecular weight is 644 g/mol. The van der Waals surface area contributed by atoms with Gasteiger partial charge in [0, 0.05) is 23.2 Å². The molecule has 4 fully saturated rings. The zero-order chi connectivity index (χ0) is 29.7. The Hall–Kier alpha value is -1.03. The first-order valence-electron chi connectivity index (χ1n) is 12.9. The fourth-order valence-corrected chi connectivity index (χ4v) is 11.1. The summed E-state index contributed by atoms with van der Waals surface area (Å²) in [5.74, 6) is -8.10. The number of aliphatic hydroxyl groups excluding tert-OH is 1. The summed E-state index contributed by atoms with van der Waals surface area (Å²) in [4.78, 5) is 36.4. The summed E-state index contributed by atoms with van der Waals surface area (Å²) in [6.45, 7) is 4.42. The number of carbonyl (C=O) groups excluding carboxylic acids is 2. The summed E-state index contributed by atoms with van der Waals surface area (Å²) in [5, 5.41) is 55.3. The van der Waals surface area contributed by atoms with Gasteiger partial charge in [0.15, 0.2) is 5.78 Å². The molecule has 39 heavy (non-hydrogen) atoms. The van der Waals surface area contributed by atoms with Gasteiger partial charge in [0.25, 0.3) is 10.1 Å². The van der Waals surface area contributed by atoms with Gasteiger partial charge < -0.3 is 25.5 Å². The Balaban J connectivity index is 1.92. The molecule has 0 aromatic rings. The number of carboxylic acid groups (broad SMARTS) is 1. The molecular weight excluding hydrogens is 607 g/mol. The Morgan fingerprint density at radius 2 is 1.74 bits per heavy atom. The Morgan fingerprint density at radius 3 is 2.28 bits per heavy atom. The molecule has 0 spiro atoms. The summed E-state index contributed by atoms with van der Waals surface area (Å²) >= 11 is 3.27. The average Bonchev–Trinajstić information content (AvgIpc) is 2.95. The Bertz CT molecular complexity index is 1200. The number of hydrogen-bond acceptors (Lipinski definition) is 9. The minimum Gasteiger partial charge on any atom is -0.481 e. The van der Waals surface area contributed by atoms with Crippen molar-refractivity contribution in [2.24, 2.45) is 34.5 Å². The molecule has 0 saturated heterocycles. The Morgan fingerprint density at radius 1 is 1.15 bits per heavy atom. The topological polar surface area (TPSA) is 207 Å². The highest BCUT2D eigenvalue weighted by molar-refractivity contribution is 9.10. The van der Waals surface area contributed by atoms with Gasteiger partial charge in [-0.15, -0.1) is 0 Å². The summed E-state index contributed by atoms with van der Waals surface area (Å²) in [7, 11) is -4.91. The van der Waals surface area contributed by atoms with Crippen LogP contribution in [0.3, 0.4) is 0 Å². The van der Waals surface area contributed by atoms with Gasteiger partial charge in [-0.3, -0.25) is 18.9 Å². The molecule has 4 rings (SSSR count). The molecule has 11 nitrogen and oxygen atoms in total. The molecular formula is C25H36BrFO11S. The number of fused-ring (bicyclic) bond motifs is 5. The van der Waals surface area contributed by atoms with Gasteiger partial charge in [0.2, 0.25) is 0 Å². The molecule has 0 heterocycles. The molecule has 0 radical (unpaired) electrons. The molecule has 222 valence electrons. The highest BCUT2D eigenvalue weighted by atomic mass is 79.9. The van der Waals surface area contributed by atoms with Crippen molar-refractivity contribution in [2.45, 2.75) is 93.2 Å². The van der Waals surface area contributed by atoms with E-state index in [0.717, 1.165) is 0 Å². The Kier molecular flexibility index (Phi) is 7.32. The smallest absolute Gasteiger partial charge is 0.306 e. The van der Waals surface area contributed by atoms with E-state index in [1.165, 1.54) is 20.8 Å². The predicted molar refractivity (Wildman–Crippen MR) is 136 cm³/mol. The minimum absolute atomic E-state index is 0.0968. The van der Waals surface area contributed by atoms with E-state index >= 15 is 4.39 Å². The van der Waals surface area contributed by atoms with E-state index in [0.29, 0.717) is 0 Å².